The van der Waals surface area contributed by atoms with Crippen molar-refractivity contribution in [3.8, 4) is 6.07 Å². The fourth-order valence-electron chi connectivity index (χ4n) is 3.69. The number of amides is 1. The van der Waals surface area contributed by atoms with Gasteiger partial charge in [0, 0.05) is 25.3 Å². The summed E-state index contributed by atoms with van der Waals surface area (Å²) in [7, 11) is 0. The zero-order valence-electron chi connectivity index (χ0n) is 13.5. The fraction of sp³-hybridized carbons (Fsp3) is 0.611. The van der Waals surface area contributed by atoms with Gasteiger partial charge < -0.3 is 10.2 Å². The van der Waals surface area contributed by atoms with Gasteiger partial charge in [0.1, 0.15) is 11.9 Å². The number of nitrogens with one attached hydrogen (secondary N) is 1. The highest BCUT2D eigenvalue weighted by molar-refractivity contribution is 5.80. The predicted octanol–water partition coefficient (Wildman–Crippen LogP) is 2.62. The minimum atomic E-state index is -0.000717. The number of aromatic nitrogens is 1. The van der Waals surface area contributed by atoms with Crippen LogP contribution in [0.15, 0.2) is 18.3 Å². The lowest BCUT2D eigenvalue weighted by atomic mass is 9.93. The van der Waals surface area contributed by atoms with Crippen LogP contribution in [-0.4, -0.2) is 30.0 Å². The van der Waals surface area contributed by atoms with Crippen LogP contribution in [0, 0.1) is 17.2 Å². The minimum absolute atomic E-state index is 0.000717. The van der Waals surface area contributed by atoms with E-state index in [9.17, 15) is 10.1 Å². The highest BCUT2D eigenvalue weighted by Gasteiger charge is 2.29. The Hall–Kier alpha value is -2.09. The van der Waals surface area contributed by atoms with E-state index in [4.69, 9.17) is 0 Å². The predicted molar refractivity (Wildman–Crippen MR) is 88.9 cm³/mol. The first-order valence-electron chi connectivity index (χ1n) is 8.68. The van der Waals surface area contributed by atoms with Crippen molar-refractivity contribution in [3.05, 3.63) is 23.9 Å². The Morgan fingerprint density at radius 2 is 2.09 bits per heavy atom. The summed E-state index contributed by atoms with van der Waals surface area (Å²) in [6.07, 6.45) is 9.56. The van der Waals surface area contributed by atoms with E-state index in [0.717, 1.165) is 32.2 Å². The summed E-state index contributed by atoms with van der Waals surface area (Å²) >= 11 is 0. The molecule has 2 aliphatic rings. The average molecular weight is 312 g/mol. The standard InChI is InChI=1S/C18H24N4O/c19-12-14-6-4-10-20-17(14)22-11-5-7-15(13-22)18(23)21-16-8-2-1-3-9-16/h4,6,10,15-16H,1-3,5,7-9,11,13H2,(H,21,23)/t15-/m0/s1. The molecule has 0 unspecified atom stereocenters. The summed E-state index contributed by atoms with van der Waals surface area (Å²) in [6.45, 7) is 1.52. The van der Waals surface area contributed by atoms with E-state index in [2.05, 4.69) is 21.3 Å². The molecule has 1 aromatic heterocycles. The van der Waals surface area contributed by atoms with Crippen LogP contribution < -0.4 is 10.2 Å². The Morgan fingerprint density at radius 3 is 2.87 bits per heavy atom. The molecule has 1 atom stereocenters. The van der Waals surface area contributed by atoms with Gasteiger partial charge in [-0.05, 0) is 37.8 Å². The van der Waals surface area contributed by atoms with Gasteiger partial charge in [-0.3, -0.25) is 4.79 Å². The Balaban J connectivity index is 1.63. The van der Waals surface area contributed by atoms with Crippen molar-refractivity contribution in [2.45, 2.75) is 51.0 Å². The molecule has 3 rings (SSSR count). The molecule has 5 heteroatoms. The molecule has 0 bridgehead atoms. The Labute approximate surface area is 137 Å². The van der Waals surface area contributed by atoms with Gasteiger partial charge in [0.05, 0.1) is 11.5 Å². The molecule has 1 aliphatic carbocycles. The third kappa shape index (κ3) is 3.82. The molecule has 23 heavy (non-hydrogen) atoms. The number of carbonyl (C=O) groups is 1. The topological polar surface area (TPSA) is 69.0 Å². The van der Waals surface area contributed by atoms with Crippen LogP contribution in [0.4, 0.5) is 5.82 Å². The van der Waals surface area contributed by atoms with Gasteiger partial charge in [0.2, 0.25) is 5.91 Å². The smallest absolute Gasteiger partial charge is 0.225 e. The second kappa shape index (κ2) is 7.45. The minimum Gasteiger partial charge on any atom is -0.355 e. The third-order valence-electron chi connectivity index (χ3n) is 4.95. The maximum Gasteiger partial charge on any atom is 0.225 e. The van der Waals surface area contributed by atoms with E-state index < -0.39 is 0 Å². The van der Waals surface area contributed by atoms with Crippen molar-refractivity contribution in [2.75, 3.05) is 18.0 Å². The maximum atomic E-state index is 12.6. The number of pyridine rings is 1. The molecule has 5 nitrogen and oxygen atoms in total. The van der Waals surface area contributed by atoms with Crippen LogP contribution in [0.5, 0.6) is 0 Å². The van der Waals surface area contributed by atoms with Crippen molar-refractivity contribution in [1.29, 1.82) is 5.26 Å². The van der Waals surface area contributed by atoms with Crippen molar-refractivity contribution >= 4 is 11.7 Å². The molecule has 2 heterocycles. The van der Waals surface area contributed by atoms with E-state index in [0.29, 0.717) is 24.0 Å². The van der Waals surface area contributed by atoms with Gasteiger partial charge in [-0.25, -0.2) is 4.98 Å². The van der Waals surface area contributed by atoms with Gasteiger partial charge in [-0.15, -0.1) is 0 Å². The molecule has 1 saturated carbocycles. The van der Waals surface area contributed by atoms with E-state index in [1.807, 2.05) is 0 Å². The first-order chi connectivity index (χ1) is 11.3. The molecule has 122 valence electrons. The molecule has 2 fully saturated rings. The first-order valence-corrected chi connectivity index (χ1v) is 8.68. The van der Waals surface area contributed by atoms with E-state index in [-0.39, 0.29) is 11.8 Å². The molecule has 0 radical (unpaired) electrons. The van der Waals surface area contributed by atoms with Gasteiger partial charge >= 0.3 is 0 Å². The van der Waals surface area contributed by atoms with E-state index in [1.165, 1.54) is 19.3 Å². The van der Waals surface area contributed by atoms with Crippen LogP contribution in [0.1, 0.15) is 50.5 Å². The molecular weight excluding hydrogens is 288 g/mol. The lowest BCUT2D eigenvalue weighted by molar-refractivity contribution is -0.126. The summed E-state index contributed by atoms with van der Waals surface area (Å²) in [6, 6.07) is 6.12. The zero-order chi connectivity index (χ0) is 16.1. The Kier molecular flexibility index (Phi) is 5.12. The van der Waals surface area contributed by atoms with Crippen LogP contribution in [-0.2, 0) is 4.79 Å². The summed E-state index contributed by atoms with van der Waals surface area (Å²) in [5, 5.41) is 12.5. The molecule has 1 saturated heterocycles. The molecule has 1 N–H and O–H groups in total. The second-order valence-corrected chi connectivity index (χ2v) is 6.62. The van der Waals surface area contributed by atoms with Crippen LogP contribution in [0.25, 0.3) is 0 Å². The van der Waals surface area contributed by atoms with Gasteiger partial charge in [-0.1, -0.05) is 19.3 Å². The van der Waals surface area contributed by atoms with Gasteiger partial charge in [0.15, 0.2) is 0 Å². The summed E-state index contributed by atoms with van der Waals surface area (Å²) in [5.74, 6) is 0.889. The lowest BCUT2D eigenvalue weighted by Gasteiger charge is -2.34. The van der Waals surface area contributed by atoms with E-state index in [1.54, 1.807) is 18.3 Å². The normalized spacial score (nSPS) is 22.4. The number of nitriles is 1. The summed E-state index contributed by atoms with van der Waals surface area (Å²) < 4.78 is 0. The van der Waals surface area contributed by atoms with Crippen molar-refractivity contribution < 1.29 is 4.79 Å². The number of piperidine rings is 1. The Morgan fingerprint density at radius 1 is 1.26 bits per heavy atom. The van der Waals surface area contributed by atoms with Crippen molar-refractivity contribution in [2.24, 2.45) is 5.92 Å². The monoisotopic (exact) mass is 312 g/mol. The van der Waals surface area contributed by atoms with Crippen molar-refractivity contribution in [1.82, 2.24) is 10.3 Å². The molecule has 1 aliphatic heterocycles. The van der Waals surface area contributed by atoms with Crippen LogP contribution >= 0.6 is 0 Å². The van der Waals surface area contributed by atoms with Gasteiger partial charge in [0.25, 0.3) is 0 Å². The average Bonchev–Trinajstić information content (AvgIpc) is 2.62. The maximum absolute atomic E-state index is 12.6. The molecule has 0 spiro atoms. The number of carbonyl (C=O) groups excluding carboxylic acids is 1. The number of hydrogen-bond acceptors (Lipinski definition) is 4. The van der Waals surface area contributed by atoms with E-state index >= 15 is 0 Å². The largest absolute Gasteiger partial charge is 0.355 e. The number of nitrogens with zero attached hydrogens (tertiary/aromatic N) is 3. The van der Waals surface area contributed by atoms with Crippen molar-refractivity contribution in [3.63, 3.8) is 0 Å². The SMILES string of the molecule is N#Cc1cccnc1N1CCC[C@H](C(=O)NC2CCCCC2)C1. The number of rotatable bonds is 3. The quantitative estimate of drug-likeness (QED) is 0.931. The van der Waals surface area contributed by atoms with Gasteiger partial charge in [-0.2, -0.15) is 5.26 Å². The number of anilines is 1. The third-order valence-corrected chi connectivity index (χ3v) is 4.95. The highest BCUT2D eigenvalue weighted by atomic mass is 16.2. The summed E-state index contributed by atoms with van der Waals surface area (Å²) in [4.78, 5) is 19.0. The first kappa shape index (κ1) is 15.8. The molecule has 1 amide bonds. The Bertz CT molecular complexity index is 589. The lowest BCUT2D eigenvalue weighted by Crippen LogP contribution is -2.46. The van der Waals surface area contributed by atoms with Crippen LogP contribution in [0.3, 0.4) is 0 Å². The molecule has 1 aromatic rings. The molecule has 0 aromatic carbocycles. The zero-order valence-corrected chi connectivity index (χ0v) is 13.5. The van der Waals surface area contributed by atoms with Crippen LogP contribution in [0.2, 0.25) is 0 Å². The fourth-order valence-corrected chi connectivity index (χ4v) is 3.69. The molecular formula is C18H24N4O. The highest BCUT2D eigenvalue weighted by Crippen LogP contribution is 2.25. The number of hydrogen-bond donors (Lipinski definition) is 1. The summed E-state index contributed by atoms with van der Waals surface area (Å²) in [5.41, 5.74) is 0.584. The second-order valence-electron chi connectivity index (χ2n) is 6.62.